The highest BCUT2D eigenvalue weighted by molar-refractivity contribution is 5.82. The standard InChI is InChI=1S/C16H23NO5/c1-11(2)4-9-15(18)17(21)14(16(19)20)10-12-5-7-13(22-3)8-6-12/h5-8,11,14,21H,4,9-10H2,1-3H3,(H,19,20)/t14-/m0/s1. The molecule has 0 saturated carbocycles. The second-order valence-electron chi connectivity index (χ2n) is 5.58. The molecule has 6 nitrogen and oxygen atoms in total. The fraction of sp³-hybridized carbons (Fsp3) is 0.500. The van der Waals surface area contributed by atoms with Crippen LogP contribution in [0.1, 0.15) is 32.3 Å². The number of ether oxygens (including phenoxy) is 1. The van der Waals surface area contributed by atoms with E-state index in [9.17, 15) is 19.9 Å². The zero-order valence-electron chi connectivity index (χ0n) is 13.2. The van der Waals surface area contributed by atoms with E-state index in [1.165, 1.54) is 7.11 Å². The van der Waals surface area contributed by atoms with Gasteiger partial charge in [-0.05, 0) is 30.0 Å². The lowest BCUT2D eigenvalue weighted by atomic mass is 10.0. The van der Waals surface area contributed by atoms with Crippen LogP contribution in [0.15, 0.2) is 24.3 Å². The van der Waals surface area contributed by atoms with Gasteiger partial charge in [0.15, 0.2) is 6.04 Å². The second kappa shape index (κ2) is 8.38. The van der Waals surface area contributed by atoms with Gasteiger partial charge in [-0.25, -0.2) is 9.86 Å². The van der Waals surface area contributed by atoms with E-state index in [-0.39, 0.29) is 12.8 Å². The summed E-state index contributed by atoms with van der Waals surface area (Å²) in [7, 11) is 1.54. The number of benzene rings is 1. The van der Waals surface area contributed by atoms with Gasteiger partial charge in [-0.3, -0.25) is 10.0 Å². The lowest BCUT2D eigenvalue weighted by Crippen LogP contribution is -2.44. The largest absolute Gasteiger partial charge is 0.497 e. The van der Waals surface area contributed by atoms with Crippen molar-refractivity contribution in [2.24, 2.45) is 5.92 Å². The second-order valence-corrected chi connectivity index (χ2v) is 5.58. The predicted molar refractivity (Wildman–Crippen MR) is 80.8 cm³/mol. The number of hydrogen-bond donors (Lipinski definition) is 2. The van der Waals surface area contributed by atoms with Crippen LogP contribution in [-0.4, -0.2) is 40.4 Å². The number of rotatable bonds is 8. The summed E-state index contributed by atoms with van der Waals surface area (Å²) in [5, 5.41) is 19.5. The van der Waals surface area contributed by atoms with E-state index in [1.54, 1.807) is 24.3 Å². The van der Waals surface area contributed by atoms with Crippen molar-refractivity contribution in [1.29, 1.82) is 0 Å². The number of carbonyl (C=O) groups excluding carboxylic acids is 1. The molecule has 22 heavy (non-hydrogen) atoms. The lowest BCUT2D eigenvalue weighted by molar-refractivity contribution is -0.186. The molecule has 0 aliphatic carbocycles. The first-order chi connectivity index (χ1) is 10.3. The summed E-state index contributed by atoms with van der Waals surface area (Å²) in [5.41, 5.74) is 0.698. The number of hydroxylamine groups is 2. The van der Waals surface area contributed by atoms with Gasteiger partial charge in [0, 0.05) is 12.8 Å². The van der Waals surface area contributed by atoms with Gasteiger partial charge in [-0.2, -0.15) is 0 Å². The number of methoxy groups -OCH3 is 1. The molecular weight excluding hydrogens is 286 g/mol. The summed E-state index contributed by atoms with van der Waals surface area (Å²) in [5.74, 6) is -0.850. The highest BCUT2D eigenvalue weighted by Crippen LogP contribution is 2.15. The Labute approximate surface area is 130 Å². The molecule has 0 aliphatic rings. The van der Waals surface area contributed by atoms with Gasteiger partial charge in [-0.15, -0.1) is 0 Å². The van der Waals surface area contributed by atoms with E-state index in [2.05, 4.69) is 0 Å². The van der Waals surface area contributed by atoms with E-state index in [0.29, 0.717) is 28.7 Å². The highest BCUT2D eigenvalue weighted by Gasteiger charge is 2.28. The molecule has 1 aromatic carbocycles. The predicted octanol–water partition coefficient (Wildman–Crippen LogP) is 2.34. The van der Waals surface area contributed by atoms with E-state index >= 15 is 0 Å². The number of carboxylic acids is 1. The Morgan fingerprint density at radius 1 is 1.23 bits per heavy atom. The molecule has 0 unspecified atom stereocenters. The van der Waals surface area contributed by atoms with Crippen molar-refractivity contribution < 1.29 is 24.6 Å². The first-order valence-corrected chi connectivity index (χ1v) is 7.21. The molecule has 2 N–H and O–H groups in total. The van der Waals surface area contributed by atoms with Crippen molar-refractivity contribution in [3.05, 3.63) is 29.8 Å². The fourth-order valence-electron chi connectivity index (χ4n) is 1.96. The molecule has 1 rings (SSSR count). The van der Waals surface area contributed by atoms with Crippen LogP contribution in [0, 0.1) is 5.92 Å². The maximum Gasteiger partial charge on any atom is 0.329 e. The Morgan fingerprint density at radius 3 is 2.27 bits per heavy atom. The molecule has 0 fully saturated rings. The van der Waals surface area contributed by atoms with Crippen LogP contribution < -0.4 is 4.74 Å². The molecule has 122 valence electrons. The van der Waals surface area contributed by atoms with Crippen LogP contribution in [0.3, 0.4) is 0 Å². The van der Waals surface area contributed by atoms with Crippen LogP contribution >= 0.6 is 0 Å². The molecule has 1 aromatic rings. The third-order valence-electron chi connectivity index (χ3n) is 3.36. The zero-order chi connectivity index (χ0) is 16.7. The zero-order valence-corrected chi connectivity index (χ0v) is 13.2. The summed E-state index contributed by atoms with van der Waals surface area (Å²) in [6.07, 6.45) is 0.759. The maximum atomic E-state index is 11.9. The van der Waals surface area contributed by atoms with Crippen molar-refractivity contribution in [2.45, 2.75) is 39.2 Å². The first-order valence-electron chi connectivity index (χ1n) is 7.21. The maximum absolute atomic E-state index is 11.9. The summed E-state index contributed by atoms with van der Waals surface area (Å²) in [6.45, 7) is 3.92. The van der Waals surface area contributed by atoms with E-state index < -0.39 is 17.9 Å². The molecule has 0 spiro atoms. The minimum atomic E-state index is -1.30. The van der Waals surface area contributed by atoms with Crippen LogP contribution in [0.2, 0.25) is 0 Å². The lowest BCUT2D eigenvalue weighted by Gasteiger charge is -2.23. The van der Waals surface area contributed by atoms with Crippen LogP contribution in [0.5, 0.6) is 5.75 Å². The van der Waals surface area contributed by atoms with E-state index in [1.807, 2.05) is 13.8 Å². The SMILES string of the molecule is COc1ccc(C[C@@H](C(=O)O)N(O)C(=O)CCC(C)C)cc1. The number of nitrogens with zero attached hydrogens (tertiary/aromatic N) is 1. The van der Waals surface area contributed by atoms with E-state index in [4.69, 9.17) is 4.74 Å². The van der Waals surface area contributed by atoms with Gasteiger partial charge in [0.25, 0.3) is 0 Å². The number of carbonyl (C=O) groups is 2. The Bertz CT molecular complexity index is 498. The summed E-state index contributed by atoms with van der Waals surface area (Å²) in [6, 6.07) is 5.53. The Morgan fingerprint density at radius 2 is 1.82 bits per heavy atom. The average Bonchev–Trinajstić information content (AvgIpc) is 2.49. The van der Waals surface area contributed by atoms with Gasteiger partial charge < -0.3 is 9.84 Å². The molecule has 6 heteroatoms. The molecular formula is C16H23NO5. The van der Waals surface area contributed by atoms with Crippen LogP contribution in [0.4, 0.5) is 0 Å². The molecule has 1 amide bonds. The minimum Gasteiger partial charge on any atom is -0.497 e. The Balaban J connectivity index is 2.75. The molecule has 1 atom stereocenters. The average molecular weight is 309 g/mol. The van der Waals surface area contributed by atoms with Crippen molar-refractivity contribution >= 4 is 11.9 Å². The molecule has 0 heterocycles. The number of carboxylic acid groups (broad SMARTS) is 1. The smallest absolute Gasteiger partial charge is 0.329 e. The van der Waals surface area contributed by atoms with Crippen molar-refractivity contribution in [2.75, 3.05) is 7.11 Å². The first kappa shape index (κ1) is 18.0. The molecule has 0 aromatic heterocycles. The summed E-state index contributed by atoms with van der Waals surface area (Å²) >= 11 is 0. The molecule has 0 bridgehead atoms. The van der Waals surface area contributed by atoms with Crippen LogP contribution in [0.25, 0.3) is 0 Å². The normalized spacial score (nSPS) is 12.0. The molecule has 0 saturated heterocycles. The number of hydrogen-bond acceptors (Lipinski definition) is 4. The fourth-order valence-corrected chi connectivity index (χ4v) is 1.96. The van der Waals surface area contributed by atoms with Gasteiger partial charge in [0.1, 0.15) is 5.75 Å². The highest BCUT2D eigenvalue weighted by atomic mass is 16.5. The van der Waals surface area contributed by atoms with Gasteiger partial charge in [-0.1, -0.05) is 26.0 Å². The molecule has 0 aliphatic heterocycles. The van der Waals surface area contributed by atoms with Crippen LogP contribution in [-0.2, 0) is 16.0 Å². The monoisotopic (exact) mass is 309 g/mol. The number of amides is 1. The van der Waals surface area contributed by atoms with Gasteiger partial charge in [0.2, 0.25) is 5.91 Å². The third-order valence-corrected chi connectivity index (χ3v) is 3.36. The van der Waals surface area contributed by atoms with Crippen molar-refractivity contribution in [3.63, 3.8) is 0 Å². The Hall–Kier alpha value is -2.08. The third kappa shape index (κ3) is 5.37. The Kier molecular flexibility index (Phi) is 6.85. The van der Waals surface area contributed by atoms with E-state index in [0.717, 1.165) is 0 Å². The summed E-state index contributed by atoms with van der Waals surface area (Å²) in [4.78, 5) is 23.2. The van der Waals surface area contributed by atoms with Crippen molar-refractivity contribution in [3.8, 4) is 5.75 Å². The van der Waals surface area contributed by atoms with Gasteiger partial charge >= 0.3 is 5.97 Å². The summed E-state index contributed by atoms with van der Waals surface area (Å²) < 4.78 is 5.03. The topological polar surface area (TPSA) is 87.1 Å². The quantitative estimate of drug-likeness (QED) is 0.568. The number of aliphatic carboxylic acids is 1. The van der Waals surface area contributed by atoms with Gasteiger partial charge in [0.05, 0.1) is 7.11 Å². The minimum absolute atomic E-state index is 0.0310. The van der Waals surface area contributed by atoms with Crippen molar-refractivity contribution in [1.82, 2.24) is 5.06 Å². The molecule has 0 radical (unpaired) electrons.